The first-order valence-corrected chi connectivity index (χ1v) is 7.95. The van der Waals surface area contributed by atoms with Gasteiger partial charge in [0.1, 0.15) is 6.04 Å². The van der Waals surface area contributed by atoms with Crippen LogP contribution in [0.15, 0.2) is 28.7 Å². The quantitative estimate of drug-likeness (QED) is 0.783. The summed E-state index contributed by atoms with van der Waals surface area (Å²) in [4.78, 5) is 40.0. The van der Waals surface area contributed by atoms with Gasteiger partial charge >= 0.3 is 0 Å². The van der Waals surface area contributed by atoms with Crippen molar-refractivity contribution in [3.8, 4) is 0 Å². The summed E-state index contributed by atoms with van der Waals surface area (Å²) < 4.78 is 0.839. The van der Waals surface area contributed by atoms with Crippen LogP contribution in [0.25, 0.3) is 10.9 Å². The van der Waals surface area contributed by atoms with E-state index in [2.05, 4.69) is 31.5 Å². The molecule has 1 aromatic carbocycles. The summed E-state index contributed by atoms with van der Waals surface area (Å²) in [5.74, 6) is -1.13. The van der Waals surface area contributed by atoms with Crippen LogP contribution in [0.4, 0.5) is 0 Å². The van der Waals surface area contributed by atoms with Crippen LogP contribution in [-0.2, 0) is 9.59 Å². The van der Waals surface area contributed by atoms with E-state index >= 15 is 0 Å². The zero-order chi connectivity index (χ0) is 16.6. The number of carbonyl (C=O) groups is 3. The third-order valence-corrected chi connectivity index (χ3v) is 4.18. The summed E-state index contributed by atoms with van der Waals surface area (Å²) in [5.41, 5.74) is 1.88. The van der Waals surface area contributed by atoms with Crippen LogP contribution in [0, 0.1) is 6.92 Å². The van der Waals surface area contributed by atoms with Gasteiger partial charge in [0.15, 0.2) is 0 Å². The van der Waals surface area contributed by atoms with Crippen molar-refractivity contribution in [2.24, 2.45) is 0 Å². The SMILES string of the molecule is Cc1cc(C(=O)NC2CCC(=O)NC2=O)c2cc(Br)ccc2n1. The van der Waals surface area contributed by atoms with Gasteiger partial charge in [-0.3, -0.25) is 24.7 Å². The summed E-state index contributed by atoms with van der Waals surface area (Å²) in [7, 11) is 0. The lowest BCUT2D eigenvalue weighted by Crippen LogP contribution is -2.52. The van der Waals surface area contributed by atoms with Gasteiger partial charge in [0.05, 0.1) is 11.1 Å². The average Bonchev–Trinajstić information content (AvgIpc) is 2.49. The predicted octanol–water partition coefficient (Wildman–Crippen LogP) is 1.84. The first-order valence-electron chi connectivity index (χ1n) is 7.15. The van der Waals surface area contributed by atoms with Crippen molar-refractivity contribution >= 4 is 44.6 Å². The number of amides is 3. The lowest BCUT2D eigenvalue weighted by molar-refractivity contribution is -0.134. The summed E-state index contributed by atoms with van der Waals surface area (Å²) in [6.07, 6.45) is 0.528. The van der Waals surface area contributed by atoms with Crippen LogP contribution >= 0.6 is 15.9 Å². The number of rotatable bonds is 2. The lowest BCUT2D eigenvalue weighted by atomic mass is 10.0. The minimum atomic E-state index is -0.698. The predicted molar refractivity (Wildman–Crippen MR) is 87.8 cm³/mol. The van der Waals surface area contributed by atoms with E-state index in [0.717, 1.165) is 4.47 Å². The van der Waals surface area contributed by atoms with Crippen molar-refractivity contribution in [1.29, 1.82) is 0 Å². The molecule has 2 N–H and O–H groups in total. The number of imide groups is 1. The fraction of sp³-hybridized carbons (Fsp3) is 0.250. The van der Waals surface area contributed by atoms with Crippen molar-refractivity contribution in [2.75, 3.05) is 0 Å². The Bertz CT molecular complexity index is 835. The highest BCUT2D eigenvalue weighted by Crippen LogP contribution is 2.23. The number of nitrogens with one attached hydrogen (secondary N) is 2. The molecule has 1 aliphatic rings. The van der Waals surface area contributed by atoms with Gasteiger partial charge in [-0.1, -0.05) is 15.9 Å². The molecule has 1 saturated heterocycles. The number of fused-ring (bicyclic) bond motifs is 1. The number of nitrogens with zero attached hydrogens (tertiary/aromatic N) is 1. The molecule has 3 rings (SSSR count). The minimum Gasteiger partial charge on any atom is -0.340 e. The fourth-order valence-corrected chi connectivity index (χ4v) is 2.95. The van der Waals surface area contributed by atoms with Gasteiger partial charge < -0.3 is 5.32 Å². The second-order valence-corrected chi connectivity index (χ2v) is 6.37. The zero-order valence-electron chi connectivity index (χ0n) is 12.4. The molecule has 0 aliphatic carbocycles. The van der Waals surface area contributed by atoms with E-state index in [1.54, 1.807) is 6.07 Å². The number of hydrogen-bond donors (Lipinski definition) is 2. The topological polar surface area (TPSA) is 88.2 Å². The first-order chi connectivity index (χ1) is 10.9. The van der Waals surface area contributed by atoms with Crippen LogP contribution in [0.3, 0.4) is 0 Å². The number of halogens is 1. The van der Waals surface area contributed by atoms with E-state index in [4.69, 9.17) is 0 Å². The number of piperidine rings is 1. The largest absolute Gasteiger partial charge is 0.340 e. The third-order valence-electron chi connectivity index (χ3n) is 3.69. The molecule has 0 spiro atoms. The first kappa shape index (κ1) is 15.6. The van der Waals surface area contributed by atoms with Gasteiger partial charge in [-0.25, -0.2) is 0 Å². The summed E-state index contributed by atoms with van der Waals surface area (Å²) in [6, 6.07) is 6.50. The molecule has 3 amide bonds. The maximum absolute atomic E-state index is 12.6. The van der Waals surface area contributed by atoms with E-state index in [1.165, 1.54) is 0 Å². The molecule has 23 heavy (non-hydrogen) atoms. The van der Waals surface area contributed by atoms with E-state index < -0.39 is 11.9 Å². The molecule has 118 valence electrons. The van der Waals surface area contributed by atoms with E-state index in [9.17, 15) is 14.4 Å². The van der Waals surface area contributed by atoms with Crippen LogP contribution < -0.4 is 10.6 Å². The second-order valence-electron chi connectivity index (χ2n) is 5.45. The molecule has 1 fully saturated rings. The minimum absolute atomic E-state index is 0.221. The van der Waals surface area contributed by atoms with Crippen LogP contribution in [-0.4, -0.2) is 28.7 Å². The number of hydrogen-bond acceptors (Lipinski definition) is 4. The molecule has 1 atom stereocenters. The summed E-state index contributed by atoms with van der Waals surface area (Å²) in [6.45, 7) is 1.81. The third kappa shape index (κ3) is 3.24. The lowest BCUT2D eigenvalue weighted by Gasteiger charge is -2.22. The second kappa shape index (κ2) is 6.08. The highest BCUT2D eigenvalue weighted by molar-refractivity contribution is 9.10. The Hall–Kier alpha value is -2.28. The van der Waals surface area contributed by atoms with E-state index in [0.29, 0.717) is 28.6 Å². The Morgan fingerprint density at radius 2 is 2.13 bits per heavy atom. The normalized spacial score (nSPS) is 17.9. The van der Waals surface area contributed by atoms with Crippen molar-refractivity contribution in [3.63, 3.8) is 0 Å². The number of pyridine rings is 1. The van der Waals surface area contributed by atoms with Gasteiger partial charge in [-0.2, -0.15) is 0 Å². The Morgan fingerprint density at radius 1 is 1.35 bits per heavy atom. The molecule has 2 heterocycles. The van der Waals surface area contributed by atoms with E-state index in [1.807, 2.05) is 25.1 Å². The Balaban J connectivity index is 1.93. The average molecular weight is 376 g/mol. The Morgan fingerprint density at radius 3 is 2.87 bits per heavy atom. The van der Waals surface area contributed by atoms with Crippen molar-refractivity contribution in [3.05, 3.63) is 40.0 Å². The van der Waals surface area contributed by atoms with E-state index in [-0.39, 0.29) is 18.2 Å². The molecular weight excluding hydrogens is 362 g/mol. The molecule has 1 unspecified atom stereocenters. The summed E-state index contributed by atoms with van der Waals surface area (Å²) >= 11 is 3.39. The number of aromatic nitrogens is 1. The highest BCUT2D eigenvalue weighted by atomic mass is 79.9. The molecule has 1 aliphatic heterocycles. The molecule has 2 aromatic rings. The molecule has 0 radical (unpaired) electrons. The molecule has 7 heteroatoms. The Labute approximate surface area is 140 Å². The fourth-order valence-electron chi connectivity index (χ4n) is 2.59. The maximum atomic E-state index is 12.6. The molecular formula is C16H14BrN3O3. The molecule has 6 nitrogen and oxygen atoms in total. The zero-order valence-corrected chi connectivity index (χ0v) is 13.9. The standard InChI is InChI=1S/C16H14BrN3O3/c1-8-6-11(10-7-9(17)2-3-12(10)18-8)15(22)19-13-4-5-14(21)20-16(13)23/h2-3,6-7,13H,4-5H2,1H3,(H,19,22)(H,20,21,23). The molecule has 0 bridgehead atoms. The number of carbonyl (C=O) groups excluding carboxylic acids is 3. The van der Waals surface area contributed by atoms with Gasteiger partial charge in [0.2, 0.25) is 11.8 Å². The molecule has 1 aromatic heterocycles. The van der Waals surface area contributed by atoms with Crippen LogP contribution in [0.2, 0.25) is 0 Å². The van der Waals surface area contributed by atoms with Crippen LogP contribution in [0.1, 0.15) is 28.9 Å². The molecule has 0 saturated carbocycles. The maximum Gasteiger partial charge on any atom is 0.252 e. The van der Waals surface area contributed by atoms with Gasteiger partial charge in [0, 0.05) is 22.0 Å². The monoisotopic (exact) mass is 375 g/mol. The highest BCUT2D eigenvalue weighted by Gasteiger charge is 2.28. The van der Waals surface area contributed by atoms with Crippen LogP contribution in [0.5, 0.6) is 0 Å². The van der Waals surface area contributed by atoms with Gasteiger partial charge in [-0.15, -0.1) is 0 Å². The number of aryl methyl sites for hydroxylation is 1. The van der Waals surface area contributed by atoms with Crippen molar-refractivity contribution in [1.82, 2.24) is 15.6 Å². The summed E-state index contributed by atoms with van der Waals surface area (Å²) in [5, 5.41) is 5.63. The smallest absolute Gasteiger partial charge is 0.252 e. The van der Waals surface area contributed by atoms with Gasteiger partial charge in [-0.05, 0) is 37.6 Å². The van der Waals surface area contributed by atoms with Gasteiger partial charge in [0.25, 0.3) is 5.91 Å². The van der Waals surface area contributed by atoms with Crippen molar-refractivity contribution < 1.29 is 14.4 Å². The van der Waals surface area contributed by atoms with Crippen molar-refractivity contribution in [2.45, 2.75) is 25.8 Å². The Kier molecular flexibility index (Phi) is 4.12. The number of benzene rings is 1.